The standard InChI is InChI=1S/C22H22N2O5S/c1-3-29-22(28)15-6-8-16(9-7-15)23-19(25)13-30-18-12-20(26)24(21(18)27)17-10-4-14(2)5-11-17/h4-11,18H,3,12-13H2,1-2H3,(H,23,25). The Morgan fingerprint density at radius 3 is 2.40 bits per heavy atom. The number of imide groups is 1. The van der Waals surface area contributed by atoms with Crippen molar-refractivity contribution in [1.29, 1.82) is 0 Å². The van der Waals surface area contributed by atoms with Gasteiger partial charge in [0, 0.05) is 12.1 Å². The SMILES string of the molecule is CCOC(=O)c1ccc(NC(=O)CSC2CC(=O)N(c3ccc(C)cc3)C2=O)cc1. The molecule has 156 valence electrons. The zero-order valence-corrected chi connectivity index (χ0v) is 17.5. The van der Waals surface area contributed by atoms with Crippen molar-refractivity contribution in [1.82, 2.24) is 0 Å². The van der Waals surface area contributed by atoms with E-state index in [-0.39, 0.29) is 36.5 Å². The molecule has 0 saturated carbocycles. The molecule has 0 aromatic heterocycles. The first kappa shape index (κ1) is 21.6. The first-order chi connectivity index (χ1) is 14.4. The summed E-state index contributed by atoms with van der Waals surface area (Å²) in [6, 6.07) is 13.5. The minimum atomic E-state index is -0.587. The van der Waals surface area contributed by atoms with Crippen LogP contribution in [0.5, 0.6) is 0 Å². The Morgan fingerprint density at radius 1 is 1.10 bits per heavy atom. The maximum absolute atomic E-state index is 12.6. The average Bonchev–Trinajstić information content (AvgIpc) is 3.01. The van der Waals surface area contributed by atoms with E-state index in [0.717, 1.165) is 17.3 Å². The molecule has 7 nitrogen and oxygen atoms in total. The lowest BCUT2D eigenvalue weighted by atomic mass is 10.2. The van der Waals surface area contributed by atoms with Gasteiger partial charge in [-0.2, -0.15) is 0 Å². The number of hydrogen-bond donors (Lipinski definition) is 1. The van der Waals surface area contributed by atoms with E-state index in [1.54, 1.807) is 43.3 Å². The number of thioether (sulfide) groups is 1. The molecular formula is C22H22N2O5S. The summed E-state index contributed by atoms with van der Waals surface area (Å²) >= 11 is 1.14. The lowest BCUT2D eigenvalue weighted by Gasteiger charge is -2.15. The quantitative estimate of drug-likeness (QED) is 0.540. The first-order valence-corrected chi connectivity index (χ1v) is 10.6. The molecule has 2 aromatic carbocycles. The molecule has 8 heteroatoms. The van der Waals surface area contributed by atoms with E-state index in [1.165, 1.54) is 4.90 Å². The van der Waals surface area contributed by atoms with Crippen molar-refractivity contribution in [3.05, 3.63) is 59.7 Å². The number of aryl methyl sites for hydroxylation is 1. The minimum Gasteiger partial charge on any atom is -0.462 e. The second kappa shape index (κ2) is 9.58. The van der Waals surface area contributed by atoms with Crippen LogP contribution >= 0.6 is 11.8 Å². The monoisotopic (exact) mass is 426 g/mol. The maximum Gasteiger partial charge on any atom is 0.338 e. The summed E-state index contributed by atoms with van der Waals surface area (Å²) in [6.45, 7) is 3.95. The molecule has 1 atom stereocenters. The van der Waals surface area contributed by atoms with Gasteiger partial charge in [0.05, 0.1) is 28.9 Å². The number of hydrogen-bond acceptors (Lipinski definition) is 6. The summed E-state index contributed by atoms with van der Waals surface area (Å²) in [4.78, 5) is 50.0. The van der Waals surface area contributed by atoms with Crippen molar-refractivity contribution >= 4 is 46.8 Å². The van der Waals surface area contributed by atoms with Gasteiger partial charge in [-0.1, -0.05) is 17.7 Å². The third-order valence-electron chi connectivity index (χ3n) is 4.49. The second-order valence-electron chi connectivity index (χ2n) is 6.75. The van der Waals surface area contributed by atoms with Crippen molar-refractivity contribution < 1.29 is 23.9 Å². The third-order valence-corrected chi connectivity index (χ3v) is 5.69. The van der Waals surface area contributed by atoms with Crippen LogP contribution in [0.15, 0.2) is 48.5 Å². The van der Waals surface area contributed by atoms with Gasteiger partial charge in [0.25, 0.3) is 0 Å². The lowest BCUT2D eigenvalue weighted by molar-refractivity contribution is -0.121. The first-order valence-electron chi connectivity index (χ1n) is 9.51. The molecule has 0 radical (unpaired) electrons. The summed E-state index contributed by atoms with van der Waals surface area (Å²) in [6.07, 6.45) is 0.0683. The summed E-state index contributed by atoms with van der Waals surface area (Å²) in [7, 11) is 0. The van der Waals surface area contributed by atoms with E-state index in [0.29, 0.717) is 16.9 Å². The van der Waals surface area contributed by atoms with Crippen LogP contribution in [0.3, 0.4) is 0 Å². The molecule has 1 aliphatic rings. The van der Waals surface area contributed by atoms with Gasteiger partial charge in [0.15, 0.2) is 0 Å². The Bertz CT molecular complexity index is 956. The van der Waals surface area contributed by atoms with Crippen LogP contribution in [0.4, 0.5) is 11.4 Å². The summed E-state index contributed by atoms with van der Waals surface area (Å²) in [5.74, 6) is -1.26. The van der Waals surface area contributed by atoms with E-state index < -0.39 is 11.2 Å². The number of nitrogens with zero attached hydrogens (tertiary/aromatic N) is 1. The highest BCUT2D eigenvalue weighted by Crippen LogP contribution is 2.29. The Labute approximate surface area is 178 Å². The molecular weight excluding hydrogens is 404 g/mol. The Morgan fingerprint density at radius 2 is 1.77 bits per heavy atom. The van der Waals surface area contributed by atoms with Gasteiger partial charge in [-0.15, -0.1) is 11.8 Å². The average molecular weight is 426 g/mol. The van der Waals surface area contributed by atoms with Gasteiger partial charge >= 0.3 is 5.97 Å². The summed E-state index contributed by atoms with van der Waals surface area (Å²) < 4.78 is 4.92. The van der Waals surface area contributed by atoms with E-state index in [9.17, 15) is 19.2 Å². The molecule has 30 heavy (non-hydrogen) atoms. The molecule has 1 aliphatic heterocycles. The van der Waals surface area contributed by atoms with Gasteiger partial charge in [-0.25, -0.2) is 9.69 Å². The molecule has 3 amide bonds. The van der Waals surface area contributed by atoms with Crippen LogP contribution in [0, 0.1) is 6.92 Å². The van der Waals surface area contributed by atoms with Crippen molar-refractivity contribution in [3.8, 4) is 0 Å². The summed E-state index contributed by atoms with van der Waals surface area (Å²) in [5, 5.41) is 2.13. The fraction of sp³-hybridized carbons (Fsp3) is 0.273. The van der Waals surface area contributed by atoms with Crippen LogP contribution in [-0.4, -0.2) is 41.3 Å². The van der Waals surface area contributed by atoms with Gasteiger partial charge in [0.1, 0.15) is 0 Å². The van der Waals surface area contributed by atoms with Gasteiger partial charge in [-0.05, 0) is 50.2 Å². The van der Waals surface area contributed by atoms with Crippen LogP contribution in [-0.2, 0) is 19.1 Å². The molecule has 1 unspecified atom stereocenters. The normalized spacial score (nSPS) is 15.9. The van der Waals surface area contributed by atoms with E-state index in [2.05, 4.69) is 5.32 Å². The van der Waals surface area contributed by atoms with Crippen molar-refractivity contribution in [3.63, 3.8) is 0 Å². The van der Waals surface area contributed by atoms with Crippen molar-refractivity contribution in [2.24, 2.45) is 0 Å². The molecule has 1 N–H and O–H groups in total. The number of nitrogens with one attached hydrogen (secondary N) is 1. The maximum atomic E-state index is 12.6. The topological polar surface area (TPSA) is 92.8 Å². The molecule has 1 heterocycles. The largest absolute Gasteiger partial charge is 0.462 e. The fourth-order valence-corrected chi connectivity index (χ4v) is 3.91. The van der Waals surface area contributed by atoms with Crippen LogP contribution < -0.4 is 10.2 Å². The lowest BCUT2D eigenvalue weighted by Crippen LogP contribution is -2.31. The van der Waals surface area contributed by atoms with E-state index in [1.807, 2.05) is 19.1 Å². The molecule has 0 aliphatic carbocycles. The number of esters is 1. The Balaban J connectivity index is 1.53. The summed E-state index contributed by atoms with van der Waals surface area (Å²) in [5.41, 5.74) is 2.51. The van der Waals surface area contributed by atoms with Gasteiger partial charge < -0.3 is 10.1 Å². The zero-order chi connectivity index (χ0) is 21.7. The number of benzene rings is 2. The second-order valence-corrected chi connectivity index (χ2v) is 7.94. The number of rotatable bonds is 7. The van der Waals surface area contributed by atoms with E-state index in [4.69, 9.17) is 4.74 Å². The Hall–Kier alpha value is -3.13. The molecule has 2 aromatic rings. The number of carbonyl (C=O) groups excluding carboxylic acids is 4. The molecule has 0 bridgehead atoms. The molecule has 1 saturated heterocycles. The van der Waals surface area contributed by atoms with Gasteiger partial charge in [0.2, 0.25) is 17.7 Å². The van der Waals surface area contributed by atoms with E-state index >= 15 is 0 Å². The highest BCUT2D eigenvalue weighted by molar-refractivity contribution is 8.01. The predicted molar refractivity (Wildman–Crippen MR) is 116 cm³/mol. The van der Waals surface area contributed by atoms with Crippen LogP contribution in [0.25, 0.3) is 0 Å². The third kappa shape index (κ3) is 5.07. The number of amides is 3. The Kier molecular flexibility index (Phi) is 6.89. The zero-order valence-electron chi connectivity index (χ0n) is 16.7. The van der Waals surface area contributed by atoms with Gasteiger partial charge in [-0.3, -0.25) is 14.4 Å². The molecule has 1 fully saturated rings. The van der Waals surface area contributed by atoms with Crippen LogP contribution in [0.1, 0.15) is 29.3 Å². The molecule has 0 spiro atoms. The highest BCUT2D eigenvalue weighted by Gasteiger charge is 2.40. The smallest absolute Gasteiger partial charge is 0.338 e. The highest BCUT2D eigenvalue weighted by atomic mass is 32.2. The van der Waals surface area contributed by atoms with Crippen molar-refractivity contribution in [2.45, 2.75) is 25.5 Å². The van der Waals surface area contributed by atoms with Crippen LogP contribution in [0.2, 0.25) is 0 Å². The minimum absolute atomic E-state index is 0.0328. The fourth-order valence-electron chi connectivity index (χ4n) is 2.98. The van der Waals surface area contributed by atoms with Crippen molar-refractivity contribution in [2.75, 3.05) is 22.6 Å². The molecule has 3 rings (SSSR count). The predicted octanol–water partition coefficient (Wildman–Crippen LogP) is 3.18. The number of ether oxygens (including phenoxy) is 1. The number of anilines is 2. The number of carbonyl (C=O) groups is 4.